The smallest absolute Gasteiger partial charge is 0.394 e. The van der Waals surface area contributed by atoms with Crippen LogP contribution in [0, 0.1) is 0 Å². The lowest BCUT2D eigenvalue weighted by Crippen LogP contribution is -2.37. The predicted octanol–water partition coefficient (Wildman–Crippen LogP) is 1.11. The van der Waals surface area contributed by atoms with E-state index < -0.39 is 109 Å². The lowest BCUT2D eigenvalue weighted by Gasteiger charge is -2.25. The Morgan fingerprint density at radius 1 is 0.548 bits per heavy atom. The minimum Gasteiger partial charge on any atom is -0.394 e. The van der Waals surface area contributed by atoms with Crippen LogP contribution >= 0.6 is 15.6 Å². The van der Waals surface area contributed by atoms with Crippen molar-refractivity contribution in [3.63, 3.8) is 0 Å². The lowest BCUT2D eigenvalue weighted by atomic mass is 10.1. The van der Waals surface area contributed by atoms with E-state index in [4.69, 9.17) is 43.8 Å². The molecule has 0 amide bonds. The van der Waals surface area contributed by atoms with Crippen LogP contribution in [0.4, 0.5) is 17.5 Å². The molecule has 0 spiro atoms. The molecule has 33 nitrogen and oxygen atoms in total. The van der Waals surface area contributed by atoms with E-state index in [-0.39, 0.29) is 45.1 Å². The summed E-state index contributed by atoms with van der Waals surface area (Å²) in [6.07, 6.45) is -12.0. The van der Waals surface area contributed by atoms with Gasteiger partial charge in [-0.2, -0.15) is 0 Å². The van der Waals surface area contributed by atoms with E-state index in [2.05, 4.69) is 102 Å². The van der Waals surface area contributed by atoms with Gasteiger partial charge in [0.1, 0.15) is 85.0 Å². The summed E-state index contributed by atoms with van der Waals surface area (Å²) >= 11 is 0. The average molecular weight is 1220 g/mol. The zero-order valence-corrected chi connectivity index (χ0v) is 48.8. The van der Waals surface area contributed by atoms with Gasteiger partial charge < -0.3 is 76.1 Å². The summed E-state index contributed by atoms with van der Waals surface area (Å²) < 4.78 is 70.4. The Hall–Kier alpha value is -5.91. The molecule has 35 heteroatoms. The molecule has 3 aliphatic rings. The fraction of sp³-hybridized carbons (Fsp3) is 0.571. The second kappa shape index (κ2) is 28.5. The molecule has 0 radical (unpaired) electrons. The molecule has 0 aliphatic carbocycles. The fourth-order valence-electron chi connectivity index (χ4n) is 9.60. The first kappa shape index (κ1) is 64.1. The van der Waals surface area contributed by atoms with Gasteiger partial charge >= 0.3 is 15.6 Å². The van der Waals surface area contributed by atoms with Crippen molar-refractivity contribution in [2.24, 2.45) is 0 Å². The number of anilines is 3. The normalized spacial score (nSPS) is 26.6. The van der Waals surface area contributed by atoms with Crippen LogP contribution in [0.2, 0.25) is 0 Å². The third-order valence-corrected chi connectivity index (χ3v) is 16.4. The van der Waals surface area contributed by atoms with Crippen molar-refractivity contribution < 1.29 is 76.8 Å². The number of imidazole rings is 3. The van der Waals surface area contributed by atoms with Crippen LogP contribution in [-0.4, -0.2) is 218 Å². The molecular formula is C49H73N17O16P2. The van der Waals surface area contributed by atoms with Crippen LogP contribution in [0.25, 0.3) is 33.5 Å². The Labute approximate surface area is 481 Å². The maximum atomic E-state index is 13.7. The number of aliphatic hydroxyl groups excluding tert-OH is 5. The number of phosphoric ester groups is 2. The fourth-order valence-corrected chi connectivity index (χ4v) is 11.5. The number of benzene rings is 1. The molecular weight excluding hydrogens is 1140 g/mol. The molecule has 14 atom stereocenters. The van der Waals surface area contributed by atoms with Crippen molar-refractivity contribution in [3.8, 4) is 0 Å². The van der Waals surface area contributed by atoms with Crippen molar-refractivity contribution >= 4 is 66.6 Å². The number of phosphoric acid groups is 2. The van der Waals surface area contributed by atoms with Gasteiger partial charge in [-0.25, -0.2) is 54.0 Å². The third-order valence-electron chi connectivity index (χ3n) is 14.4. The highest BCUT2D eigenvalue weighted by Gasteiger charge is 2.53. The van der Waals surface area contributed by atoms with E-state index in [0.29, 0.717) is 12.4 Å². The summed E-state index contributed by atoms with van der Waals surface area (Å²) in [5, 5.41) is 57.8. The quantitative estimate of drug-likeness (QED) is 0.0401. The Kier molecular flexibility index (Phi) is 21.8. The third kappa shape index (κ3) is 14.5. The first-order valence-corrected chi connectivity index (χ1v) is 30.2. The number of aromatic nitrogens is 12. The number of hydrogen-bond donors (Lipinski definition) is 10. The van der Waals surface area contributed by atoms with Gasteiger partial charge in [0.2, 0.25) is 0 Å². The van der Waals surface area contributed by atoms with Gasteiger partial charge in [0, 0.05) is 6.54 Å². The highest BCUT2D eigenvalue weighted by Crippen LogP contribution is 2.53. The average Bonchev–Trinajstić information content (AvgIpc) is 4.32. The number of rotatable bonds is 23. The number of nitrogens with two attached hydrogens (primary N) is 2. The molecule has 0 saturated carbocycles. The van der Waals surface area contributed by atoms with Gasteiger partial charge in [-0.1, -0.05) is 71.9 Å². The largest absolute Gasteiger partial charge is 0.472 e. The van der Waals surface area contributed by atoms with Crippen molar-refractivity contribution in [3.05, 3.63) is 73.9 Å². The molecule has 12 N–H and O–H groups in total. The van der Waals surface area contributed by atoms with Crippen LogP contribution < -0.4 is 16.8 Å². The minimum absolute atomic E-state index is 0.0161. The van der Waals surface area contributed by atoms with Gasteiger partial charge in [0.05, 0.1) is 38.8 Å². The first-order valence-electron chi connectivity index (χ1n) is 27.2. The summed E-state index contributed by atoms with van der Waals surface area (Å²) in [5.41, 5.74) is 13.7. The van der Waals surface area contributed by atoms with Crippen LogP contribution in [0.3, 0.4) is 0 Å². The molecule has 84 heavy (non-hydrogen) atoms. The van der Waals surface area contributed by atoms with Gasteiger partial charge in [-0.15, -0.1) is 0 Å². The molecule has 10 rings (SSSR count). The molecule has 0 bridgehead atoms. The number of aliphatic hydroxyl groups is 5. The van der Waals surface area contributed by atoms with Gasteiger partial charge in [-0.3, -0.25) is 31.8 Å². The molecule has 3 aliphatic heterocycles. The second-order valence-corrected chi connectivity index (χ2v) is 22.1. The Bertz CT molecular complexity index is 3300. The zero-order valence-electron chi connectivity index (χ0n) is 47.0. The monoisotopic (exact) mass is 1220 g/mol. The van der Waals surface area contributed by atoms with E-state index in [0.717, 1.165) is 24.5 Å². The molecule has 6 aromatic heterocycles. The van der Waals surface area contributed by atoms with Gasteiger partial charge in [-0.05, 0) is 44.8 Å². The van der Waals surface area contributed by atoms with Crippen molar-refractivity contribution in [1.29, 1.82) is 0 Å². The zero-order chi connectivity index (χ0) is 60.5. The number of nitrogen functional groups attached to an aromatic ring is 2. The summed E-state index contributed by atoms with van der Waals surface area (Å²) in [6.45, 7) is 18.1. The predicted molar refractivity (Wildman–Crippen MR) is 300 cm³/mol. The highest BCUT2D eigenvalue weighted by molar-refractivity contribution is 7.47. The molecule has 2 unspecified atom stereocenters. The lowest BCUT2D eigenvalue weighted by molar-refractivity contribution is -0.0645. The number of fused-ring (bicyclic) bond motifs is 3. The summed E-state index contributed by atoms with van der Waals surface area (Å²) in [7, 11) is -10.6. The van der Waals surface area contributed by atoms with E-state index in [1.807, 2.05) is 30.3 Å². The van der Waals surface area contributed by atoms with Gasteiger partial charge in [0.25, 0.3) is 0 Å². The second-order valence-electron chi connectivity index (χ2n) is 19.3. The number of nitrogens with one attached hydrogen (secondary N) is 1. The standard InChI is InChI=1S/C37H43N15O16P2.2C6H15N/c38-29-20-32(44-10-41-29)50(13-47-20)35-26(57)23(54)18(65-35)8-62-69(58,59)68-28-25(56)19(66-37(28)51-14-48-21-30(39)42-11-45-33(21)51)9-63-70(60,61)67-27-24(55)17(7-53)64-36(27)52-15-49-22-31(43-12-46-34(22)52)40-6-16-4-2-1-3-5-16;2*1-4-7(5-2)6-3/h1-5,10-15,17-19,23-28,35-37,53-57H,6-9H2,(H,58,59)(H,60,61)(H2,38,41,44)(H2,39,42,45)(H,40,43,46);2*4-6H2,1-3H3/t17-,18-,19-,23-,24-,25-,26-,27-,28-,35-,36-,37-;;/m1../s1. The maximum absolute atomic E-state index is 13.7. The summed E-state index contributed by atoms with van der Waals surface area (Å²) in [6, 6.07) is 9.46. The number of nitrogens with zero attached hydrogens (tertiary/aromatic N) is 14. The molecule has 3 fully saturated rings. The summed E-state index contributed by atoms with van der Waals surface area (Å²) in [5.74, 6) is 0.332. The van der Waals surface area contributed by atoms with Gasteiger partial charge in [0.15, 0.2) is 58.6 Å². The molecule has 7 aromatic rings. The first-order chi connectivity index (χ1) is 40.3. The maximum Gasteiger partial charge on any atom is 0.472 e. The number of hydrogen-bond acceptors (Lipinski definition) is 28. The Balaban J connectivity index is 0.000000586. The minimum atomic E-state index is -5.31. The topological polar surface area (TPSA) is 442 Å². The Morgan fingerprint density at radius 2 is 0.952 bits per heavy atom. The Morgan fingerprint density at radius 3 is 1.42 bits per heavy atom. The molecule has 3 saturated heterocycles. The van der Waals surface area contributed by atoms with Crippen LogP contribution in [-0.2, 0) is 48.0 Å². The van der Waals surface area contributed by atoms with Crippen molar-refractivity contribution in [2.45, 2.75) is 122 Å². The highest BCUT2D eigenvalue weighted by atomic mass is 31.2. The van der Waals surface area contributed by atoms with Crippen LogP contribution in [0.1, 0.15) is 65.8 Å². The van der Waals surface area contributed by atoms with E-state index in [9.17, 15) is 44.4 Å². The summed E-state index contributed by atoms with van der Waals surface area (Å²) in [4.78, 5) is 64.2. The SMILES string of the molecule is CCN(CC)CC.CCN(CC)CC.Nc1ncnc2c1ncn2[C@@H]1O[C@H](COP(=O)(O)O[C@@H]2[C@H](O)[C@@H](COP(=O)(O)O[C@@H]3[C@H](O)[C@@H](CO)O[C@H]3n3cnc4c(NCc5ccccc5)ncnc43)O[C@H]2n2cnc3c(N)ncnc32)[C@@H](O)[C@H]1O. The molecule has 9 heterocycles. The van der Waals surface area contributed by atoms with E-state index in [1.54, 1.807) is 0 Å². The molecule has 1 aromatic carbocycles. The van der Waals surface area contributed by atoms with Crippen molar-refractivity contribution in [2.75, 3.05) is 75.9 Å². The molecule has 460 valence electrons. The van der Waals surface area contributed by atoms with E-state index >= 15 is 0 Å². The van der Waals surface area contributed by atoms with Crippen molar-refractivity contribution in [1.82, 2.24) is 68.4 Å². The van der Waals surface area contributed by atoms with Crippen LogP contribution in [0.15, 0.2) is 68.3 Å². The van der Waals surface area contributed by atoms with E-state index in [1.165, 1.54) is 72.0 Å². The van der Waals surface area contributed by atoms with Crippen LogP contribution in [0.5, 0.6) is 0 Å². The number of ether oxygens (including phenoxy) is 3.